The summed E-state index contributed by atoms with van der Waals surface area (Å²) in [6.07, 6.45) is 6.36. The minimum Gasteiger partial charge on any atom is -0.355 e. The summed E-state index contributed by atoms with van der Waals surface area (Å²) in [5.74, 6) is 2.28. The van der Waals surface area contributed by atoms with Crippen molar-refractivity contribution in [1.29, 1.82) is 5.26 Å². The van der Waals surface area contributed by atoms with Gasteiger partial charge in [0.2, 0.25) is 0 Å². The molecule has 0 unspecified atom stereocenters. The van der Waals surface area contributed by atoms with Crippen LogP contribution in [-0.4, -0.2) is 44.6 Å². The average molecular weight is 416 g/mol. The van der Waals surface area contributed by atoms with Gasteiger partial charge in [-0.1, -0.05) is 6.07 Å². The van der Waals surface area contributed by atoms with Crippen molar-refractivity contribution in [2.24, 2.45) is 5.92 Å². The van der Waals surface area contributed by atoms with E-state index in [2.05, 4.69) is 36.9 Å². The Kier molecular flexibility index (Phi) is 5.04. The first kappa shape index (κ1) is 19.5. The lowest BCUT2D eigenvalue weighted by molar-refractivity contribution is 0.275. The molecule has 5 heterocycles. The van der Waals surface area contributed by atoms with E-state index in [1.807, 2.05) is 29.9 Å². The molecule has 8 heteroatoms. The van der Waals surface area contributed by atoms with Crippen molar-refractivity contribution in [2.45, 2.75) is 32.0 Å². The fraction of sp³-hybridized carbons (Fsp3) is 0.391. The maximum atomic E-state index is 13.3. The quantitative estimate of drug-likeness (QED) is 0.686. The predicted octanol–water partition coefficient (Wildman–Crippen LogP) is 2.09. The zero-order valence-electron chi connectivity index (χ0n) is 17.5. The minimum atomic E-state index is 0.113. The van der Waals surface area contributed by atoms with Gasteiger partial charge in [0.25, 0.3) is 5.56 Å². The summed E-state index contributed by atoms with van der Waals surface area (Å²) in [6, 6.07) is 9.97. The number of fused-ring (bicyclic) bond motifs is 4. The molecule has 31 heavy (non-hydrogen) atoms. The second kappa shape index (κ2) is 8.00. The normalized spacial score (nSPS) is 19.8. The molecule has 2 aliphatic rings. The average Bonchev–Trinajstić information content (AvgIpc) is 3.28. The molecule has 158 valence electrons. The Labute approximate surface area is 180 Å². The molecule has 5 rings (SSSR count). The summed E-state index contributed by atoms with van der Waals surface area (Å²) in [5, 5.41) is 9.46. The Morgan fingerprint density at radius 1 is 1.19 bits per heavy atom. The van der Waals surface area contributed by atoms with Gasteiger partial charge in [0.1, 0.15) is 17.7 Å². The van der Waals surface area contributed by atoms with Crippen molar-refractivity contribution in [3.05, 3.63) is 75.9 Å². The molecule has 8 nitrogen and oxygen atoms in total. The molecule has 1 fully saturated rings. The van der Waals surface area contributed by atoms with E-state index in [4.69, 9.17) is 0 Å². The molecule has 0 aliphatic carbocycles. The van der Waals surface area contributed by atoms with Crippen LogP contribution in [0.1, 0.15) is 35.0 Å². The summed E-state index contributed by atoms with van der Waals surface area (Å²) in [6.45, 7) is 3.56. The number of imidazole rings is 1. The maximum Gasteiger partial charge on any atom is 0.255 e. The van der Waals surface area contributed by atoms with E-state index in [9.17, 15) is 10.1 Å². The molecule has 3 aromatic heterocycles. The third kappa shape index (κ3) is 3.73. The van der Waals surface area contributed by atoms with Crippen LogP contribution in [0.15, 0.2) is 47.7 Å². The highest BCUT2D eigenvalue weighted by Gasteiger charge is 2.36. The monoisotopic (exact) mass is 415 g/mol. The van der Waals surface area contributed by atoms with Gasteiger partial charge < -0.3 is 14.5 Å². The van der Waals surface area contributed by atoms with Crippen molar-refractivity contribution in [1.82, 2.24) is 24.4 Å². The predicted molar refractivity (Wildman–Crippen MR) is 116 cm³/mol. The van der Waals surface area contributed by atoms with Crippen LogP contribution in [0.25, 0.3) is 0 Å². The molecule has 0 aromatic carbocycles. The Balaban J connectivity index is 1.38. The molecule has 2 atom stereocenters. The molecule has 0 saturated carbocycles. The number of rotatable bonds is 5. The van der Waals surface area contributed by atoms with Gasteiger partial charge in [-0.2, -0.15) is 5.26 Å². The standard InChI is InChI=1S/C23H25N7O/c1-28(15-21-25-7-8-26-21)13-18-4-5-20-19-9-16(12-30(20)23(18)31)11-29(14-19)22-17(10-24)3-2-6-27-22/h2-8,16,19H,9,11-15H2,1H3,(H,25,26)/t16-,19+/m0/s1. The van der Waals surface area contributed by atoms with Crippen LogP contribution >= 0.6 is 0 Å². The molecule has 2 bridgehead atoms. The van der Waals surface area contributed by atoms with E-state index in [-0.39, 0.29) is 11.5 Å². The van der Waals surface area contributed by atoms with Gasteiger partial charge in [0.15, 0.2) is 0 Å². The van der Waals surface area contributed by atoms with Crippen molar-refractivity contribution in [3.63, 3.8) is 0 Å². The number of pyridine rings is 2. The van der Waals surface area contributed by atoms with Crippen molar-refractivity contribution < 1.29 is 0 Å². The number of anilines is 1. The molecule has 3 aromatic rings. The number of aromatic nitrogens is 4. The van der Waals surface area contributed by atoms with Crippen molar-refractivity contribution in [2.75, 3.05) is 25.0 Å². The second-order valence-corrected chi connectivity index (χ2v) is 8.60. The van der Waals surface area contributed by atoms with Gasteiger partial charge in [-0.15, -0.1) is 0 Å². The third-order valence-corrected chi connectivity index (χ3v) is 6.30. The molecule has 0 spiro atoms. The van der Waals surface area contributed by atoms with Crippen molar-refractivity contribution in [3.8, 4) is 6.07 Å². The molecule has 1 N–H and O–H groups in total. The Morgan fingerprint density at radius 2 is 2.10 bits per heavy atom. The van der Waals surface area contributed by atoms with E-state index >= 15 is 0 Å². The van der Waals surface area contributed by atoms with Crippen LogP contribution in [0.5, 0.6) is 0 Å². The fourth-order valence-corrected chi connectivity index (χ4v) is 5.01. The lowest BCUT2D eigenvalue weighted by Gasteiger charge is -2.43. The summed E-state index contributed by atoms with van der Waals surface area (Å²) in [5.41, 5.74) is 2.63. The third-order valence-electron chi connectivity index (χ3n) is 6.30. The summed E-state index contributed by atoms with van der Waals surface area (Å²) in [4.78, 5) is 29.4. The highest BCUT2D eigenvalue weighted by Crippen LogP contribution is 2.37. The Hall–Kier alpha value is -3.44. The van der Waals surface area contributed by atoms with Crippen LogP contribution in [0, 0.1) is 17.2 Å². The first-order valence-corrected chi connectivity index (χ1v) is 10.6. The number of hydrogen-bond donors (Lipinski definition) is 1. The van der Waals surface area contributed by atoms with Crippen LogP contribution in [0.4, 0.5) is 5.82 Å². The molecule has 0 radical (unpaired) electrons. The van der Waals surface area contributed by atoms with Gasteiger partial charge in [0.05, 0.1) is 12.1 Å². The highest BCUT2D eigenvalue weighted by molar-refractivity contribution is 5.54. The number of nitrogens with zero attached hydrogens (tertiary/aromatic N) is 6. The summed E-state index contributed by atoms with van der Waals surface area (Å²) < 4.78 is 1.98. The minimum absolute atomic E-state index is 0.113. The Bertz CT molecular complexity index is 1180. The van der Waals surface area contributed by atoms with Gasteiger partial charge in [-0.05, 0) is 37.6 Å². The van der Waals surface area contributed by atoms with Crippen LogP contribution in [0.2, 0.25) is 0 Å². The molecule has 0 amide bonds. The molecule has 1 saturated heterocycles. The number of aromatic amines is 1. The second-order valence-electron chi connectivity index (χ2n) is 8.60. The van der Waals surface area contributed by atoms with Crippen LogP contribution in [0.3, 0.4) is 0 Å². The number of nitrogens with one attached hydrogen (secondary N) is 1. The zero-order chi connectivity index (χ0) is 21.4. The lowest BCUT2D eigenvalue weighted by Crippen LogP contribution is -2.48. The SMILES string of the molecule is CN(Cc1ncc[nH]1)Cc1ccc2n(c1=O)C[C@H]1C[C@@H]2CN(c2ncccc2C#N)C1. The zero-order valence-corrected chi connectivity index (χ0v) is 17.5. The number of piperidine rings is 1. The van der Waals surface area contributed by atoms with Gasteiger partial charge >= 0.3 is 0 Å². The van der Waals surface area contributed by atoms with Gasteiger partial charge in [0, 0.05) is 61.9 Å². The first-order chi connectivity index (χ1) is 15.1. The summed E-state index contributed by atoms with van der Waals surface area (Å²) >= 11 is 0. The van der Waals surface area contributed by atoms with E-state index in [0.717, 1.165) is 42.4 Å². The molecular formula is C23H25N7O. The van der Waals surface area contributed by atoms with E-state index < -0.39 is 0 Å². The van der Waals surface area contributed by atoms with Crippen molar-refractivity contribution >= 4 is 5.82 Å². The van der Waals surface area contributed by atoms with Gasteiger partial charge in [-0.25, -0.2) is 9.97 Å². The van der Waals surface area contributed by atoms with E-state index in [1.54, 1.807) is 18.5 Å². The highest BCUT2D eigenvalue weighted by atomic mass is 16.1. The number of nitriles is 1. The molecule has 2 aliphatic heterocycles. The smallest absolute Gasteiger partial charge is 0.255 e. The Morgan fingerprint density at radius 3 is 2.90 bits per heavy atom. The summed E-state index contributed by atoms with van der Waals surface area (Å²) in [7, 11) is 2.00. The largest absolute Gasteiger partial charge is 0.355 e. The first-order valence-electron chi connectivity index (χ1n) is 10.6. The van der Waals surface area contributed by atoms with Gasteiger partial charge in [-0.3, -0.25) is 9.69 Å². The topological polar surface area (TPSA) is 93.8 Å². The van der Waals surface area contributed by atoms with Crippen LogP contribution < -0.4 is 10.5 Å². The van der Waals surface area contributed by atoms with Crippen LogP contribution in [-0.2, 0) is 19.6 Å². The van der Waals surface area contributed by atoms with E-state index in [1.165, 1.54) is 0 Å². The lowest BCUT2D eigenvalue weighted by atomic mass is 9.83. The van der Waals surface area contributed by atoms with E-state index in [0.29, 0.717) is 31.1 Å². The maximum absolute atomic E-state index is 13.3. The fourth-order valence-electron chi connectivity index (χ4n) is 5.01. The number of hydrogen-bond acceptors (Lipinski definition) is 6. The number of H-pyrrole nitrogens is 1. The molecular weight excluding hydrogens is 390 g/mol.